The van der Waals surface area contributed by atoms with Crippen molar-refractivity contribution in [1.29, 1.82) is 0 Å². The van der Waals surface area contributed by atoms with E-state index in [1.54, 1.807) is 7.11 Å². The zero-order chi connectivity index (χ0) is 13.5. The Morgan fingerprint density at radius 2 is 2.00 bits per heavy atom. The number of aryl methyl sites for hydroxylation is 2. The number of methoxy groups -OCH3 is 1. The molecule has 0 aromatic heterocycles. The number of hydrogen-bond acceptors (Lipinski definition) is 3. The van der Waals surface area contributed by atoms with Gasteiger partial charge in [-0.15, -0.1) is 0 Å². The molecule has 0 radical (unpaired) electrons. The van der Waals surface area contributed by atoms with Gasteiger partial charge in [-0.05, 0) is 43.3 Å². The molecule has 0 fully saturated rings. The fraction of sp³-hybridized carbons (Fsp3) is 0.600. The van der Waals surface area contributed by atoms with Crippen molar-refractivity contribution in [3.63, 3.8) is 0 Å². The lowest BCUT2D eigenvalue weighted by Gasteiger charge is -2.23. The maximum atomic E-state index is 5.57. The van der Waals surface area contributed by atoms with Crippen LogP contribution in [0.3, 0.4) is 0 Å². The van der Waals surface area contributed by atoms with Crippen molar-refractivity contribution in [3.05, 3.63) is 28.8 Å². The van der Waals surface area contributed by atoms with E-state index in [0.29, 0.717) is 6.04 Å². The number of thioether (sulfide) groups is 1. The van der Waals surface area contributed by atoms with Gasteiger partial charge in [-0.25, -0.2) is 0 Å². The molecule has 0 spiro atoms. The highest BCUT2D eigenvalue weighted by Gasteiger charge is 2.18. The van der Waals surface area contributed by atoms with Crippen molar-refractivity contribution in [2.24, 2.45) is 0 Å². The second kappa shape index (κ2) is 7.70. The van der Waals surface area contributed by atoms with Crippen LogP contribution in [0.15, 0.2) is 12.1 Å². The Morgan fingerprint density at radius 3 is 2.56 bits per heavy atom. The number of benzene rings is 1. The predicted octanol–water partition coefficient (Wildman–Crippen LogP) is 3.72. The first-order valence-electron chi connectivity index (χ1n) is 6.60. The molecule has 0 bridgehead atoms. The molecule has 18 heavy (non-hydrogen) atoms. The lowest BCUT2D eigenvalue weighted by molar-refractivity contribution is 0.402. The lowest BCUT2D eigenvalue weighted by atomic mass is 9.98. The van der Waals surface area contributed by atoms with Crippen LogP contribution in [0.1, 0.15) is 36.6 Å². The van der Waals surface area contributed by atoms with Gasteiger partial charge < -0.3 is 10.1 Å². The molecular weight excluding hydrogens is 242 g/mol. The molecule has 3 heteroatoms. The third-order valence-corrected chi connectivity index (χ3v) is 3.98. The summed E-state index contributed by atoms with van der Waals surface area (Å²) in [6.07, 6.45) is 0. The molecular formula is C15H25NOS. The zero-order valence-corrected chi connectivity index (χ0v) is 13.0. The zero-order valence-electron chi connectivity index (χ0n) is 12.2. The first kappa shape index (κ1) is 15.4. The third kappa shape index (κ3) is 3.92. The Bertz CT molecular complexity index is 379. The van der Waals surface area contributed by atoms with Gasteiger partial charge in [0.1, 0.15) is 5.75 Å². The van der Waals surface area contributed by atoms with E-state index in [1.807, 2.05) is 11.8 Å². The van der Waals surface area contributed by atoms with Gasteiger partial charge in [-0.3, -0.25) is 0 Å². The molecule has 0 aliphatic heterocycles. The van der Waals surface area contributed by atoms with E-state index < -0.39 is 0 Å². The minimum atomic E-state index is 0.371. The van der Waals surface area contributed by atoms with E-state index in [1.165, 1.54) is 16.7 Å². The number of rotatable bonds is 7. The SMILES string of the molecule is CCNC(CSCC)c1c(C)cc(C)cc1OC. The van der Waals surface area contributed by atoms with Crippen LogP contribution in [-0.4, -0.2) is 25.2 Å². The van der Waals surface area contributed by atoms with Crippen molar-refractivity contribution in [2.75, 3.05) is 25.2 Å². The molecule has 0 aliphatic carbocycles. The summed E-state index contributed by atoms with van der Waals surface area (Å²) in [5, 5.41) is 3.57. The van der Waals surface area contributed by atoms with Crippen molar-refractivity contribution >= 4 is 11.8 Å². The van der Waals surface area contributed by atoms with Crippen LogP contribution < -0.4 is 10.1 Å². The van der Waals surface area contributed by atoms with Crippen LogP contribution in [0.4, 0.5) is 0 Å². The van der Waals surface area contributed by atoms with E-state index in [-0.39, 0.29) is 0 Å². The van der Waals surface area contributed by atoms with E-state index in [4.69, 9.17) is 4.74 Å². The molecule has 1 aromatic rings. The molecule has 2 nitrogen and oxygen atoms in total. The third-order valence-electron chi connectivity index (χ3n) is 3.00. The fourth-order valence-corrected chi connectivity index (χ4v) is 3.04. The molecule has 102 valence electrons. The smallest absolute Gasteiger partial charge is 0.124 e. The minimum absolute atomic E-state index is 0.371. The van der Waals surface area contributed by atoms with Gasteiger partial charge in [0, 0.05) is 17.4 Å². The summed E-state index contributed by atoms with van der Waals surface area (Å²) in [4.78, 5) is 0. The highest BCUT2D eigenvalue weighted by atomic mass is 32.2. The van der Waals surface area contributed by atoms with Crippen LogP contribution in [0.5, 0.6) is 5.75 Å². The van der Waals surface area contributed by atoms with Gasteiger partial charge in [0.05, 0.1) is 7.11 Å². The normalized spacial score (nSPS) is 12.5. The van der Waals surface area contributed by atoms with Crippen molar-refractivity contribution in [1.82, 2.24) is 5.32 Å². The van der Waals surface area contributed by atoms with Crippen LogP contribution >= 0.6 is 11.8 Å². The number of nitrogens with one attached hydrogen (secondary N) is 1. The Labute approximate surface area is 116 Å². The summed E-state index contributed by atoms with van der Waals surface area (Å²) in [7, 11) is 1.76. The molecule has 1 aromatic carbocycles. The number of hydrogen-bond donors (Lipinski definition) is 1. The summed E-state index contributed by atoms with van der Waals surface area (Å²) in [6, 6.07) is 4.73. The van der Waals surface area contributed by atoms with E-state index in [9.17, 15) is 0 Å². The topological polar surface area (TPSA) is 21.3 Å². The van der Waals surface area contributed by atoms with E-state index in [2.05, 4.69) is 45.1 Å². The number of ether oxygens (including phenoxy) is 1. The monoisotopic (exact) mass is 267 g/mol. The first-order valence-corrected chi connectivity index (χ1v) is 7.75. The Morgan fingerprint density at radius 1 is 1.28 bits per heavy atom. The second-order valence-electron chi connectivity index (χ2n) is 4.47. The Balaban J connectivity index is 3.08. The van der Waals surface area contributed by atoms with Gasteiger partial charge >= 0.3 is 0 Å². The van der Waals surface area contributed by atoms with E-state index >= 15 is 0 Å². The largest absolute Gasteiger partial charge is 0.496 e. The maximum absolute atomic E-state index is 5.57. The molecule has 0 saturated carbocycles. The maximum Gasteiger partial charge on any atom is 0.124 e. The van der Waals surface area contributed by atoms with Gasteiger partial charge in [-0.1, -0.05) is 19.9 Å². The lowest BCUT2D eigenvalue weighted by Crippen LogP contribution is -2.24. The average Bonchev–Trinajstić information content (AvgIpc) is 2.34. The molecule has 0 heterocycles. The average molecular weight is 267 g/mol. The van der Waals surface area contributed by atoms with Crippen molar-refractivity contribution in [3.8, 4) is 5.75 Å². The molecule has 1 unspecified atom stereocenters. The molecule has 1 N–H and O–H groups in total. The van der Waals surface area contributed by atoms with E-state index in [0.717, 1.165) is 23.8 Å². The molecule has 0 aliphatic rings. The van der Waals surface area contributed by atoms with Gasteiger partial charge in [0.25, 0.3) is 0 Å². The molecule has 0 amide bonds. The summed E-state index contributed by atoms with van der Waals surface area (Å²) in [5.74, 6) is 3.25. The standard InChI is InChI=1S/C15H25NOS/c1-6-16-13(10-18-7-2)15-12(4)8-11(3)9-14(15)17-5/h8-9,13,16H,6-7,10H2,1-5H3. The summed E-state index contributed by atoms with van der Waals surface area (Å²) >= 11 is 1.97. The van der Waals surface area contributed by atoms with Gasteiger partial charge in [0.2, 0.25) is 0 Å². The Kier molecular flexibility index (Phi) is 6.58. The minimum Gasteiger partial charge on any atom is -0.496 e. The van der Waals surface area contributed by atoms with Crippen molar-refractivity contribution in [2.45, 2.75) is 33.7 Å². The molecule has 1 atom stereocenters. The van der Waals surface area contributed by atoms with Crippen LogP contribution in [0.25, 0.3) is 0 Å². The molecule has 1 rings (SSSR count). The highest BCUT2D eigenvalue weighted by molar-refractivity contribution is 7.99. The first-order chi connectivity index (χ1) is 8.63. The predicted molar refractivity (Wildman–Crippen MR) is 81.9 cm³/mol. The quantitative estimate of drug-likeness (QED) is 0.813. The highest BCUT2D eigenvalue weighted by Crippen LogP contribution is 2.31. The Hall–Kier alpha value is -0.670. The van der Waals surface area contributed by atoms with Gasteiger partial charge in [-0.2, -0.15) is 11.8 Å². The summed E-state index contributed by atoms with van der Waals surface area (Å²) < 4.78 is 5.57. The van der Waals surface area contributed by atoms with Crippen LogP contribution in [0.2, 0.25) is 0 Å². The second-order valence-corrected chi connectivity index (χ2v) is 5.79. The molecule has 0 saturated heterocycles. The van der Waals surface area contributed by atoms with Crippen molar-refractivity contribution < 1.29 is 4.74 Å². The van der Waals surface area contributed by atoms with Crippen LogP contribution in [0, 0.1) is 13.8 Å². The van der Waals surface area contributed by atoms with Crippen LogP contribution in [-0.2, 0) is 0 Å². The summed E-state index contributed by atoms with van der Waals surface area (Å²) in [5.41, 5.74) is 3.88. The summed E-state index contributed by atoms with van der Waals surface area (Å²) in [6.45, 7) is 9.62. The van der Waals surface area contributed by atoms with Gasteiger partial charge in [0.15, 0.2) is 0 Å². The fourth-order valence-electron chi connectivity index (χ4n) is 2.28.